The normalized spacial score (nSPS) is 24.9. The van der Waals surface area contributed by atoms with Crippen LogP contribution in [0.25, 0.3) is 0 Å². The SMILES string of the molecule is C[C@H](NC(=O)CN1CCOCC1)C(=O)N[C@@H](Cc1ccc2c(c1)CCNS2(=O)=O)C(=O)N[C@@H](CC1CCCC1)C(=O)[C@@]1(C)CO1. The van der Waals surface area contributed by atoms with Crippen molar-refractivity contribution in [3.05, 3.63) is 29.3 Å². The Balaban J connectivity index is 1.31. The first kappa shape index (κ1) is 33.5. The fourth-order valence-corrected chi connectivity index (χ4v) is 7.65. The van der Waals surface area contributed by atoms with E-state index in [1.165, 1.54) is 6.07 Å². The van der Waals surface area contributed by atoms with Crippen molar-refractivity contribution in [2.75, 3.05) is 46.0 Å². The third-order valence-corrected chi connectivity index (χ3v) is 10.8. The van der Waals surface area contributed by atoms with E-state index in [2.05, 4.69) is 20.7 Å². The number of nitrogens with zero attached hydrogens (tertiary/aromatic N) is 1. The molecule has 4 atom stereocenters. The molecule has 3 heterocycles. The first-order valence-corrected chi connectivity index (χ1v) is 17.4. The Kier molecular flexibility index (Phi) is 10.6. The zero-order valence-electron chi connectivity index (χ0n) is 26.1. The maximum absolute atomic E-state index is 13.9. The molecule has 45 heavy (non-hydrogen) atoms. The van der Waals surface area contributed by atoms with Crippen LogP contribution in [0.1, 0.15) is 57.1 Å². The minimum absolute atomic E-state index is 0.0604. The number of amides is 3. The van der Waals surface area contributed by atoms with Gasteiger partial charge in [-0.2, -0.15) is 0 Å². The van der Waals surface area contributed by atoms with Gasteiger partial charge in [0.2, 0.25) is 27.7 Å². The third kappa shape index (κ3) is 8.67. The minimum atomic E-state index is -3.60. The van der Waals surface area contributed by atoms with E-state index < -0.39 is 45.6 Å². The molecule has 13 nitrogen and oxygen atoms in total. The van der Waals surface area contributed by atoms with E-state index in [1.807, 2.05) is 4.90 Å². The average Bonchev–Trinajstić information content (AvgIpc) is 3.54. The molecule has 4 aliphatic rings. The van der Waals surface area contributed by atoms with Gasteiger partial charge in [0.25, 0.3) is 0 Å². The van der Waals surface area contributed by atoms with Crippen LogP contribution in [0.15, 0.2) is 23.1 Å². The van der Waals surface area contributed by atoms with Crippen LogP contribution >= 0.6 is 0 Å². The minimum Gasteiger partial charge on any atom is -0.379 e. The van der Waals surface area contributed by atoms with Crippen molar-refractivity contribution in [3.63, 3.8) is 0 Å². The van der Waals surface area contributed by atoms with Gasteiger partial charge in [0, 0.05) is 26.1 Å². The predicted octanol–water partition coefficient (Wildman–Crippen LogP) is -0.192. The molecule has 2 saturated heterocycles. The number of sulfonamides is 1. The summed E-state index contributed by atoms with van der Waals surface area (Å²) in [6.07, 6.45) is 5.22. The Morgan fingerprint density at radius 2 is 1.73 bits per heavy atom. The fourth-order valence-electron chi connectivity index (χ4n) is 6.37. The number of morpholine rings is 1. The highest BCUT2D eigenvalue weighted by Gasteiger charge is 2.50. The zero-order chi connectivity index (χ0) is 32.2. The van der Waals surface area contributed by atoms with Gasteiger partial charge >= 0.3 is 0 Å². The van der Waals surface area contributed by atoms with Crippen molar-refractivity contribution < 1.29 is 37.1 Å². The standard InChI is InChI=1S/C31H45N5O8S/c1-20(33-27(37)18-36-11-13-43-14-12-36)29(39)35-25(17-22-7-8-26-23(15-22)9-10-32-45(26,41)42)30(40)34-24(16-21-5-3-4-6-21)28(38)31(2)19-44-31/h7-8,15,20-21,24-25,32H,3-6,9-14,16-19H2,1-2H3,(H,33,37)(H,34,40)(H,35,39)/t20-,24-,25-,31+/m0/s1. The number of rotatable bonds is 13. The lowest BCUT2D eigenvalue weighted by atomic mass is 9.90. The summed E-state index contributed by atoms with van der Waals surface area (Å²) in [6, 6.07) is 2.10. The van der Waals surface area contributed by atoms with E-state index in [-0.39, 0.29) is 36.1 Å². The first-order chi connectivity index (χ1) is 21.4. The highest BCUT2D eigenvalue weighted by molar-refractivity contribution is 7.89. The van der Waals surface area contributed by atoms with Gasteiger partial charge in [-0.05, 0) is 49.8 Å². The largest absolute Gasteiger partial charge is 0.379 e. The molecule has 1 aromatic carbocycles. The van der Waals surface area contributed by atoms with Gasteiger partial charge in [-0.15, -0.1) is 0 Å². The summed E-state index contributed by atoms with van der Waals surface area (Å²) in [5.74, 6) is -1.25. The van der Waals surface area contributed by atoms with E-state index >= 15 is 0 Å². The van der Waals surface area contributed by atoms with Gasteiger partial charge in [0.15, 0.2) is 5.78 Å². The molecule has 3 amide bonds. The molecule has 14 heteroatoms. The Morgan fingerprint density at radius 3 is 2.42 bits per heavy atom. The lowest BCUT2D eigenvalue weighted by molar-refractivity contribution is -0.134. The average molecular weight is 648 g/mol. The number of ether oxygens (including phenoxy) is 2. The molecule has 5 rings (SSSR count). The molecule has 0 radical (unpaired) electrons. The van der Waals surface area contributed by atoms with Crippen LogP contribution < -0.4 is 20.7 Å². The summed E-state index contributed by atoms with van der Waals surface area (Å²) < 4.78 is 38.1. The molecule has 0 aromatic heterocycles. The van der Waals surface area contributed by atoms with Gasteiger partial charge in [-0.3, -0.25) is 24.1 Å². The van der Waals surface area contributed by atoms with Crippen molar-refractivity contribution in [1.82, 2.24) is 25.6 Å². The van der Waals surface area contributed by atoms with Gasteiger partial charge in [0.1, 0.15) is 17.7 Å². The number of fused-ring (bicyclic) bond motifs is 1. The third-order valence-electron chi connectivity index (χ3n) is 9.19. The number of epoxide rings is 1. The van der Waals surface area contributed by atoms with Crippen LogP contribution in [-0.2, 0) is 51.5 Å². The number of hydrogen-bond acceptors (Lipinski definition) is 9. The molecule has 3 aliphatic heterocycles. The molecule has 1 saturated carbocycles. The summed E-state index contributed by atoms with van der Waals surface area (Å²) >= 11 is 0. The summed E-state index contributed by atoms with van der Waals surface area (Å²) in [5.41, 5.74) is 0.368. The van der Waals surface area contributed by atoms with Crippen LogP contribution in [0.3, 0.4) is 0 Å². The summed E-state index contributed by atoms with van der Waals surface area (Å²) in [7, 11) is -3.60. The maximum atomic E-state index is 13.9. The maximum Gasteiger partial charge on any atom is 0.243 e. The van der Waals surface area contributed by atoms with Gasteiger partial charge in [-0.1, -0.05) is 37.8 Å². The number of carbonyl (C=O) groups is 4. The fraction of sp³-hybridized carbons (Fsp3) is 0.677. The van der Waals surface area contributed by atoms with Crippen LogP contribution in [0.2, 0.25) is 0 Å². The number of ketones is 1. The van der Waals surface area contributed by atoms with Gasteiger partial charge in [-0.25, -0.2) is 13.1 Å². The summed E-state index contributed by atoms with van der Waals surface area (Å²) in [5, 5.41) is 8.43. The molecule has 3 fully saturated rings. The quantitative estimate of drug-likeness (QED) is 0.212. The van der Waals surface area contributed by atoms with Crippen LogP contribution in [-0.4, -0.2) is 107 Å². The second-order valence-corrected chi connectivity index (χ2v) is 14.6. The zero-order valence-corrected chi connectivity index (χ0v) is 26.9. The molecule has 0 unspecified atom stereocenters. The van der Waals surface area contributed by atoms with Crippen molar-refractivity contribution >= 4 is 33.5 Å². The number of Topliss-reactive ketones (excluding diaryl/α,β-unsaturated/α-hetero) is 1. The number of nitrogens with one attached hydrogen (secondary N) is 4. The molecular formula is C31H45N5O8S. The van der Waals surface area contributed by atoms with Crippen molar-refractivity contribution in [2.45, 2.75) is 87.4 Å². The summed E-state index contributed by atoms with van der Waals surface area (Å²) in [4.78, 5) is 55.4. The molecule has 248 valence electrons. The first-order valence-electron chi connectivity index (χ1n) is 15.9. The van der Waals surface area contributed by atoms with E-state index in [0.717, 1.165) is 25.7 Å². The Hall–Kier alpha value is -2.91. The van der Waals surface area contributed by atoms with Crippen LogP contribution in [0, 0.1) is 5.92 Å². The second-order valence-electron chi connectivity index (χ2n) is 12.9. The number of hydrogen-bond donors (Lipinski definition) is 4. The molecule has 4 N–H and O–H groups in total. The van der Waals surface area contributed by atoms with E-state index in [9.17, 15) is 27.6 Å². The van der Waals surface area contributed by atoms with E-state index in [4.69, 9.17) is 9.47 Å². The van der Waals surface area contributed by atoms with Gasteiger partial charge in [0.05, 0.1) is 37.3 Å². The van der Waals surface area contributed by atoms with Crippen molar-refractivity contribution in [1.29, 1.82) is 0 Å². The van der Waals surface area contributed by atoms with Crippen LogP contribution in [0.4, 0.5) is 0 Å². The highest BCUT2D eigenvalue weighted by Crippen LogP contribution is 2.33. The lowest BCUT2D eigenvalue weighted by Gasteiger charge is -2.28. The molecule has 1 aliphatic carbocycles. The predicted molar refractivity (Wildman–Crippen MR) is 164 cm³/mol. The van der Waals surface area contributed by atoms with Gasteiger partial charge < -0.3 is 25.4 Å². The lowest BCUT2D eigenvalue weighted by Crippen LogP contribution is -2.57. The second kappa shape index (κ2) is 14.2. The molecule has 1 aromatic rings. The molecule has 0 bridgehead atoms. The van der Waals surface area contributed by atoms with Crippen molar-refractivity contribution in [3.8, 4) is 0 Å². The van der Waals surface area contributed by atoms with Crippen LogP contribution in [0.5, 0.6) is 0 Å². The monoisotopic (exact) mass is 647 g/mol. The Morgan fingerprint density at radius 1 is 1.04 bits per heavy atom. The van der Waals surface area contributed by atoms with E-state index in [1.54, 1.807) is 26.0 Å². The molecule has 0 spiro atoms. The van der Waals surface area contributed by atoms with Crippen molar-refractivity contribution in [2.24, 2.45) is 5.92 Å². The summed E-state index contributed by atoms with van der Waals surface area (Å²) in [6.45, 7) is 6.31. The smallest absolute Gasteiger partial charge is 0.243 e. The topological polar surface area (TPSA) is 176 Å². The number of carbonyl (C=O) groups excluding carboxylic acids is 4. The Bertz CT molecular complexity index is 1390. The van der Waals surface area contributed by atoms with E-state index in [0.29, 0.717) is 62.8 Å². The number of benzene rings is 1. The Labute approximate surface area is 264 Å². The highest BCUT2D eigenvalue weighted by atomic mass is 32.2. The molecular weight excluding hydrogens is 602 g/mol.